The Kier molecular flexibility index (Phi) is 12.4. The maximum atomic E-state index is 5.45. The predicted molar refractivity (Wildman–Crippen MR) is 98.6 cm³/mol. The Morgan fingerprint density at radius 2 is 1.86 bits per heavy atom. The lowest BCUT2D eigenvalue weighted by Gasteiger charge is -2.37. The molecule has 0 radical (unpaired) electrons. The van der Waals surface area contributed by atoms with E-state index in [0.29, 0.717) is 13.2 Å². The molecule has 0 spiro atoms. The smallest absolute Gasteiger partial charge is 0.193 e. The number of piperidine rings is 1. The van der Waals surface area contributed by atoms with E-state index in [1.807, 2.05) is 7.05 Å². The Morgan fingerprint density at radius 1 is 1.19 bits per heavy atom. The number of rotatable bonds is 7. The fraction of sp³-hybridized carbons (Fsp3) is 0.933. The Morgan fingerprint density at radius 3 is 2.43 bits per heavy atom. The van der Waals surface area contributed by atoms with Gasteiger partial charge in [-0.3, -0.25) is 4.99 Å². The highest BCUT2D eigenvalue weighted by atomic mass is 127. The van der Waals surface area contributed by atoms with Crippen molar-refractivity contribution >= 4 is 29.9 Å². The molecule has 0 bridgehead atoms. The van der Waals surface area contributed by atoms with Gasteiger partial charge < -0.3 is 19.7 Å². The van der Waals surface area contributed by atoms with E-state index in [1.54, 1.807) is 7.11 Å². The van der Waals surface area contributed by atoms with Crippen LogP contribution in [0, 0.1) is 11.8 Å². The molecule has 0 aromatic heterocycles. The highest BCUT2D eigenvalue weighted by molar-refractivity contribution is 14.0. The van der Waals surface area contributed by atoms with Crippen LogP contribution < -0.4 is 5.32 Å². The van der Waals surface area contributed by atoms with Gasteiger partial charge in [0, 0.05) is 40.4 Å². The average molecular weight is 413 g/mol. The Hall–Kier alpha value is -0.0800. The van der Waals surface area contributed by atoms with Gasteiger partial charge in [-0.2, -0.15) is 0 Å². The Balaban J connectivity index is 0.00000400. The summed E-state index contributed by atoms with van der Waals surface area (Å²) in [6, 6.07) is 0. The lowest BCUT2D eigenvalue weighted by atomic mass is 9.92. The minimum Gasteiger partial charge on any atom is -0.382 e. The van der Waals surface area contributed by atoms with Crippen LogP contribution in [0.5, 0.6) is 0 Å². The summed E-state index contributed by atoms with van der Waals surface area (Å²) >= 11 is 0. The molecule has 2 unspecified atom stereocenters. The molecule has 1 N–H and O–H groups in total. The number of nitrogens with one attached hydrogen (secondary N) is 1. The van der Waals surface area contributed by atoms with Gasteiger partial charge in [0.2, 0.25) is 0 Å². The molecule has 1 rings (SSSR count). The molecule has 0 aromatic carbocycles. The molecule has 21 heavy (non-hydrogen) atoms. The average Bonchev–Trinajstić information content (AvgIpc) is 2.41. The van der Waals surface area contributed by atoms with Crippen LogP contribution in [0.1, 0.15) is 26.7 Å². The summed E-state index contributed by atoms with van der Waals surface area (Å²) < 4.78 is 10.4. The second-order valence-electron chi connectivity index (χ2n) is 5.78. The van der Waals surface area contributed by atoms with E-state index in [4.69, 9.17) is 9.47 Å². The van der Waals surface area contributed by atoms with Crippen LogP contribution in [0.25, 0.3) is 0 Å². The Labute approximate surface area is 146 Å². The second-order valence-corrected chi connectivity index (χ2v) is 5.78. The lowest BCUT2D eigenvalue weighted by Crippen LogP contribution is -2.48. The number of ether oxygens (including phenoxy) is 2. The topological polar surface area (TPSA) is 46.1 Å². The lowest BCUT2D eigenvalue weighted by molar-refractivity contribution is 0.0697. The van der Waals surface area contributed by atoms with E-state index in [-0.39, 0.29) is 24.0 Å². The van der Waals surface area contributed by atoms with Crippen LogP contribution in [0.2, 0.25) is 0 Å². The molecule has 126 valence electrons. The summed E-state index contributed by atoms with van der Waals surface area (Å²) in [5.41, 5.74) is 0. The van der Waals surface area contributed by atoms with Crippen LogP contribution in [0.15, 0.2) is 4.99 Å². The summed E-state index contributed by atoms with van der Waals surface area (Å²) in [7, 11) is 3.55. The van der Waals surface area contributed by atoms with Gasteiger partial charge in [0.1, 0.15) is 0 Å². The molecule has 0 amide bonds. The van der Waals surface area contributed by atoms with Crippen molar-refractivity contribution in [2.24, 2.45) is 16.8 Å². The molecule has 1 aliphatic heterocycles. The van der Waals surface area contributed by atoms with Gasteiger partial charge in [0.05, 0.1) is 13.2 Å². The Bertz CT molecular complexity index is 280. The number of likely N-dealkylation sites (tertiary alicyclic amines) is 1. The van der Waals surface area contributed by atoms with E-state index in [1.165, 1.54) is 6.42 Å². The molecule has 1 fully saturated rings. The molecular weight excluding hydrogens is 381 g/mol. The third-order valence-corrected chi connectivity index (χ3v) is 3.56. The second kappa shape index (κ2) is 12.5. The summed E-state index contributed by atoms with van der Waals surface area (Å²) in [5.74, 6) is 2.52. The predicted octanol–water partition coefficient (Wildman–Crippen LogP) is 2.21. The fourth-order valence-electron chi connectivity index (χ4n) is 2.79. The molecule has 1 saturated heterocycles. The molecule has 2 atom stereocenters. The zero-order chi connectivity index (χ0) is 14.8. The summed E-state index contributed by atoms with van der Waals surface area (Å²) in [6.45, 7) is 9.85. The number of guanidine groups is 1. The first-order valence-electron chi connectivity index (χ1n) is 7.69. The molecular formula is C15H32IN3O2. The molecule has 5 nitrogen and oxygen atoms in total. The minimum absolute atomic E-state index is 0. The van der Waals surface area contributed by atoms with Gasteiger partial charge in [0.15, 0.2) is 5.96 Å². The van der Waals surface area contributed by atoms with E-state index in [9.17, 15) is 0 Å². The number of halogens is 1. The standard InChI is InChI=1S/C15H31N3O2.HI/c1-13-10-14(2)12-18(11-13)15(16-3)17-6-5-7-20-9-8-19-4;/h13-14H,5-12H2,1-4H3,(H,16,17);1H. The first kappa shape index (κ1) is 20.9. The third kappa shape index (κ3) is 8.83. The molecule has 0 aliphatic carbocycles. The highest BCUT2D eigenvalue weighted by Gasteiger charge is 2.23. The summed E-state index contributed by atoms with van der Waals surface area (Å²) in [5, 5.41) is 3.44. The van der Waals surface area contributed by atoms with Crippen LogP contribution >= 0.6 is 24.0 Å². The maximum absolute atomic E-state index is 5.45. The van der Waals surface area contributed by atoms with Gasteiger partial charge in [-0.05, 0) is 24.7 Å². The summed E-state index contributed by atoms with van der Waals surface area (Å²) in [4.78, 5) is 6.78. The first-order valence-corrected chi connectivity index (χ1v) is 7.69. The normalized spacial score (nSPS) is 22.9. The van der Waals surface area contributed by atoms with Crippen LogP contribution in [0.4, 0.5) is 0 Å². The maximum Gasteiger partial charge on any atom is 0.193 e. The number of aliphatic imine (C=N–C) groups is 1. The van der Waals surface area contributed by atoms with Crippen molar-refractivity contribution in [1.29, 1.82) is 0 Å². The SMILES string of the molecule is CN=C(NCCCOCCOC)N1CC(C)CC(C)C1.I. The van der Waals surface area contributed by atoms with Gasteiger partial charge >= 0.3 is 0 Å². The zero-order valence-electron chi connectivity index (χ0n) is 13.9. The van der Waals surface area contributed by atoms with E-state index in [0.717, 1.165) is 50.5 Å². The number of nitrogens with zero attached hydrogens (tertiary/aromatic N) is 2. The zero-order valence-corrected chi connectivity index (χ0v) is 16.3. The van der Waals surface area contributed by atoms with Crippen molar-refractivity contribution in [3.63, 3.8) is 0 Å². The van der Waals surface area contributed by atoms with E-state index in [2.05, 4.69) is 29.1 Å². The molecule has 1 heterocycles. The van der Waals surface area contributed by atoms with Crippen molar-refractivity contribution < 1.29 is 9.47 Å². The minimum atomic E-state index is 0. The number of hydrogen-bond acceptors (Lipinski definition) is 3. The van der Waals surface area contributed by atoms with Gasteiger partial charge in [0.25, 0.3) is 0 Å². The van der Waals surface area contributed by atoms with Gasteiger partial charge in [-0.25, -0.2) is 0 Å². The van der Waals surface area contributed by atoms with Gasteiger partial charge in [-0.15, -0.1) is 24.0 Å². The van der Waals surface area contributed by atoms with Crippen molar-refractivity contribution in [3.05, 3.63) is 0 Å². The number of methoxy groups -OCH3 is 1. The van der Waals surface area contributed by atoms with Crippen LogP contribution in [-0.2, 0) is 9.47 Å². The largest absolute Gasteiger partial charge is 0.382 e. The molecule has 1 aliphatic rings. The van der Waals surface area contributed by atoms with Crippen LogP contribution in [-0.4, -0.2) is 64.5 Å². The summed E-state index contributed by atoms with van der Waals surface area (Å²) in [6.07, 6.45) is 2.31. The van der Waals surface area contributed by atoms with Crippen LogP contribution in [0.3, 0.4) is 0 Å². The molecule has 0 saturated carbocycles. The monoisotopic (exact) mass is 413 g/mol. The van der Waals surface area contributed by atoms with Crippen molar-refractivity contribution in [2.45, 2.75) is 26.7 Å². The molecule has 0 aromatic rings. The first-order chi connectivity index (χ1) is 9.67. The quantitative estimate of drug-likeness (QED) is 0.301. The van der Waals surface area contributed by atoms with E-state index < -0.39 is 0 Å². The third-order valence-electron chi connectivity index (χ3n) is 3.56. The van der Waals surface area contributed by atoms with Crippen molar-refractivity contribution in [3.8, 4) is 0 Å². The van der Waals surface area contributed by atoms with Gasteiger partial charge in [-0.1, -0.05) is 13.8 Å². The highest BCUT2D eigenvalue weighted by Crippen LogP contribution is 2.20. The van der Waals surface area contributed by atoms with E-state index >= 15 is 0 Å². The fourth-order valence-corrected chi connectivity index (χ4v) is 2.79. The number of hydrogen-bond donors (Lipinski definition) is 1. The van der Waals surface area contributed by atoms with Crippen molar-refractivity contribution in [1.82, 2.24) is 10.2 Å². The van der Waals surface area contributed by atoms with Crippen molar-refractivity contribution in [2.75, 3.05) is 53.6 Å². The molecule has 6 heteroatoms.